The van der Waals surface area contributed by atoms with Crippen LogP contribution in [0.4, 0.5) is 0 Å². The number of rotatable bonds is 3. The van der Waals surface area contributed by atoms with E-state index in [4.69, 9.17) is 0 Å². The van der Waals surface area contributed by atoms with Gasteiger partial charge in [0.05, 0.1) is 0 Å². The highest BCUT2D eigenvalue weighted by atomic mass is 32.2. The third kappa shape index (κ3) is 6.35. The average Bonchev–Trinajstić information content (AvgIpc) is 1.61. The van der Waals surface area contributed by atoms with Gasteiger partial charge in [0.25, 0.3) is 0 Å². The Labute approximate surface area is 50.7 Å². The van der Waals surface area contributed by atoms with E-state index in [9.17, 15) is 0 Å². The molecular formula is C6H13S. The lowest BCUT2D eigenvalue weighted by molar-refractivity contribution is 0.842. The van der Waals surface area contributed by atoms with Crippen LogP contribution in [0.15, 0.2) is 0 Å². The molecule has 1 heteroatoms. The van der Waals surface area contributed by atoms with E-state index in [0.29, 0.717) is 5.92 Å². The third-order valence-corrected chi connectivity index (χ3v) is 1.82. The lowest BCUT2D eigenvalue weighted by atomic mass is 10.3. The molecule has 0 nitrogen and oxygen atoms in total. The lowest BCUT2D eigenvalue weighted by Crippen LogP contribution is -1.90. The van der Waals surface area contributed by atoms with Gasteiger partial charge in [0.2, 0.25) is 0 Å². The predicted octanol–water partition coefficient (Wildman–Crippen LogP) is 2.21. The van der Waals surface area contributed by atoms with Crippen molar-refractivity contribution in [3.05, 3.63) is 6.92 Å². The van der Waals surface area contributed by atoms with E-state index in [1.54, 1.807) is 0 Å². The zero-order valence-corrected chi connectivity index (χ0v) is 5.92. The summed E-state index contributed by atoms with van der Waals surface area (Å²) in [7, 11) is 0. The van der Waals surface area contributed by atoms with Crippen molar-refractivity contribution in [2.24, 2.45) is 5.92 Å². The maximum Gasteiger partial charge on any atom is -0.00419 e. The number of hydrogen-bond acceptors (Lipinski definition) is 1. The highest BCUT2D eigenvalue weighted by molar-refractivity contribution is 7.99. The molecule has 1 radical (unpaired) electrons. The van der Waals surface area contributed by atoms with Gasteiger partial charge in [-0.1, -0.05) is 13.8 Å². The Morgan fingerprint density at radius 1 is 1.71 bits per heavy atom. The first-order chi connectivity index (χ1) is 3.27. The maximum atomic E-state index is 3.86. The van der Waals surface area contributed by atoms with Crippen LogP contribution in [-0.2, 0) is 0 Å². The van der Waals surface area contributed by atoms with E-state index >= 15 is 0 Å². The highest BCUT2D eigenvalue weighted by Crippen LogP contribution is 2.04. The van der Waals surface area contributed by atoms with Gasteiger partial charge in [-0.05, 0) is 24.3 Å². The molecule has 0 rings (SSSR count). The first-order valence-electron chi connectivity index (χ1n) is 2.68. The highest BCUT2D eigenvalue weighted by Gasteiger charge is 1.89. The summed E-state index contributed by atoms with van der Waals surface area (Å²) in [6, 6.07) is 0. The standard InChI is InChI=1S/C6H13S/c1-4-7-5-6(2)3/h6H,2,4-5H2,1,3H3. The molecular weight excluding hydrogens is 104 g/mol. The monoisotopic (exact) mass is 117 g/mol. The van der Waals surface area contributed by atoms with Gasteiger partial charge in [0, 0.05) is 0 Å². The molecule has 0 amide bonds. The first kappa shape index (κ1) is 7.35. The van der Waals surface area contributed by atoms with E-state index in [1.165, 1.54) is 11.5 Å². The van der Waals surface area contributed by atoms with Gasteiger partial charge in [0.15, 0.2) is 0 Å². The minimum Gasteiger partial charge on any atom is -0.162 e. The van der Waals surface area contributed by atoms with Crippen molar-refractivity contribution in [2.45, 2.75) is 13.8 Å². The Balaban J connectivity index is 2.68. The molecule has 0 fully saturated rings. The van der Waals surface area contributed by atoms with E-state index in [1.807, 2.05) is 11.8 Å². The summed E-state index contributed by atoms with van der Waals surface area (Å²) < 4.78 is 0. The van der Waals surface area contributed by atoms with Crippen molar-refractivity contribution in [1.82, 2.24) is 0 Å². The molecule has 1 atom stereocenters. The molecule has 0 N–H and O–H groups in total. The van der Waals surface area contributed by atoms with Crippen LogP contribution in [0, 0.1) is 12.8 Å². The van der Waals surface area contributed by atoms with Crippen LogP contribution in [0.2, 0.25) is 0 Å². The molecule has 0 saturated heterocycles. The van der Waals surface area contributed by atoms with Gasteiger partial charge in [-0.3, -0.25) is 0 Å². The normalized spacial score (nSPS) is 10.3. The van der Waals surface area contributed by atoms with E-state index in [0.717, 1.165) is 0 Å². The van der Waals surface area contributed by atoms with Gasteiger partial charge in [0.1, 0.15) is 0 Å². The number of thioether (sulfide) groups is 1. The van der Waals surface area contributed by atoms with Gasteiger partial charge >= 0.3 is 0 Å². The quantitative estimate of drug-likeness (QED) is 0.546. The predicted molar refractivity (Wildman–Crippen MR) is 37.5 cm³/mol. The summed E-state index contributed by atoms with van der Waals surface area (Å²) in [6.45, 7) is 8.17. The smallest absolute Gasteiger partial charge is 0.00419 e. The van der Waals surface area contributed by atoms with Crippen LogP contribution in [-0.4, -0.2) is 11.5 Å². The fourth-order valence-corrected chi connectivity index (χ4v) is 0.957. The summed E-state index contributed by atoms with van der Waals surface area (Å²) in [5.41, 5.74) is 0. The van der Waals surface area contributed by atoms with Crippen molar-refractivity contribution in [2.75, 3.05) is 11.5 Å². The molecule has 0 heterocycles. The maximum absolute atomic E-state index is 3.86. The van der Waals surface area contributed by atoms with Crippen molar-refractivity contribution in [3.8, 4) is 0 Å². The van der Waals surface area contributed by atoms with Crippen molar-refractivity contribution in [1.29, 1.82) is 0 Å². The Morgan fingerprint density at radius 2 is 2.29 bits per heavy atom. The largest absolute Gasteiger partial charge is 0.162 e. The zero-order valence-electron chi connectivity index (χ0n) is 5.11. The first-order valence-corrected chi connectivity index (χ1v) is 3.83. The molecule has 0 aliphatic carbocycles. The molecule has 0 aliphatic rings. The summed E-state index contributed by atoms with van der Waals surface area (Å²) in [5, 5.41) is 0. The fraction of sp³-hybridized carbons (Fsp3) is 0.833. The van der Waals surface area contributed by atoms with Crippen LogP contribution in [0.3, 0.4) is 0 Å². The lowest BCUT2D eigenvalue weighted by Gasteiger charge is -1.98. The molecule has 0 aliphatic heterocycles. The summed E-state index contributed by atoms with van der Waals surface area (Å²) in [5.74, 6) is 3.04. The Hall–Kier alpha value is 0.350. The van der Waals surface area contributed by atoms with E-state index < -0.39 is 0 Å². The topological polar surface area (TPSA) is 0 Å². The zero-order chi connectivity index (χ0) is 5.70. The van der Waals surface area contributed by atoms with E-state index in [-0.39, 0.29) is 0 Å². The molecule has 1 unspecified atom stereocenters. The van der Waals surface area contributed by atoms with Crippen LogP contribution in [0.25, 0.3) is 0 Å². The van der Waals surface area contributed by atoms with Gasteiger partial charge in [-0.15, -0.1) is 0 Å². The van der Waals surface area contributed by atoms with Crippen LogP contribution in [0.5, 0.6) is 0 Å². The SMILES string of the molecule is [CH2]C(C)CSCC. The third-order valence-electron chi connectivity index (χ3n) is 0.606. The van der Waals surface area contributed by atoms with Gasteiger partial charge in [-0.2, -0.15) is 11.8 Å². The molecule has 0 saturated carbocycles. The second-order valence-electron chi connectivity index (χ2n) is 1.76. The van der Waals surface area contributed by atoms with Crippen LogP contribution < -0.4 is 0 Å². The van der Waals surface area contributed by atoms with Crippen molar-refractivity contribution in [3.63, 3.8) is 0 Å². The second-order valence-corrected chi connectivity index (χ2v) is 3.08. The molecule has 0 aromatic heterocycles. The van der Waals surface area contributed by atoms with Gasteiger partial charge < -0.3 is 0 Å². The van der Waals surface area contributed by atoms with Crippen molar-refractivity contribution >= 4 is 11.8 Å². The van der Waals surface area contributed by atoms with Crippen molar-refractivity contribution < 1.29 is 0 Å². The van der Waals surface area contributed by atoms with Crippen LogP contribution in [0.1, 0.15) is 13.8 Å². The van der Waals surface area contributed by atoms with E-state index in [2.05, 4.69) is 20.8 Å². The minimum atomic E-state index is 0.616. The Morgan fingerprint density at radius 3 is 2.43 bits per heavy atom. The molecule has 43 valence electrons. The Kier molecular flexibility index (Phi) is 4.73. The minimum absolute atomic E-state index is 0.616. The Bertz CT molecular complexity index is 33.2. The van der Waals surface area contributed by atoms with Gasteiger partial charge in [-0.25, -0.2) is 0 Å². The second kappa shape index (κ2) is 4.51. The molecule has 0 aromatic carbocycles. The summed E-state index contributed by atoms with van der Waals surface area (Å²) >= 11 is 1.95. The average molecular weight is 117 g/mol. The summed E-state index contributed by atoms with van der Waals surface area (Å²) in [6.07, 6.45) is 0. The summed E-state index contributed by atoms with van der Waals surface area (Å²) in [4.78, 5) is 0. The fourth-order valence-electron chi connectivity index (χ4n) is 0.319. The molecule has 7 heavy (non-hydrogen) atoms. The molecule has 0 aromatic rings. The van der Waals surface area contributed by atoms with Crippen LogP contribution >= 0.6 is 11.8 Å². The molecule has 0 spiro atoms. The molecule has 0 bridgehead atoms. The number of hydrogen-bond donors (Lipinski definition) is 0.